The van der Waals surface area contributed by atoms with E-state index in [9.17, 15) is 4.79 Å². The van der Waals surface area contributed by atoms with Gasteiger partial charge in [-0.3, -0.25) is 4.79 Å². The number of rotatable bonds is 6. The molecule has 0 radical (unpaired) electrons. The molecule has 0 bridgehead atoms. The summed E-state index contributed by atoms with van der Waals surface area (Å²) in [7, 11) is 0. The van der Waals surface area contributed by atoms with Crippen molar-refractivity contribution in [1.82, 2.24) is 15.0 Å². The van der Waals surface area contributed by atoms with Crippen LogP contribution in [0.4, 0.5) is 5.69 Å². The molecule has 0 spiro atoms. The average Bonchev–Trinajstić information content (AvgIpc) is 3.12. The predicted octanol–water partition coefficient (Wildman–Crippen LogP) is 4.13. The van der Waals surface area contributed by atoms with Crippen LogP contribution in [0.1, 0.15) is 22.8 Å². The van der Waals surface area contributed by atoms with Crippen molar-refractivity contribution in [2.45, 2.75) is 13.5 Å². The maximum absolute atomic E-state index is 12.7. The molecular formula is C22H20N4O2. The molecule has 0 unspecified atom stereocenters. The van der Waals surface area contributed by atoms with Gasteiger partial charge in [0, 0.05) is 5.56 Å². The molecule has 0 aliphatic carbocycles. The van der Waals surface area contributed by atoms with Gasteiger partial charge in [0.25, 0.3) is 5.91 Å². The Labute approximate surface area is 162 Å². The maximum atomic E-state index is 12.7. The van der Waals surface area contributed by atoms with E-state index in [4.69, 9.17) is 4.74 Å². The maximum Gasteiger partial charge on any atom is 0.255 e. The van der Waals surface area contributed by atoms with Crippen molar-refractivity contribution < 1.29 is 9.53 Å². The van der Waals surface area contributed by atoms with Crippen LogP contribution in [0.25, 0.3) is 11.0 Å². The van der Waals surface area contributed by atoms with Gasteiger partial charge in [-0.05, 0) is 42.8 Å². The van der Waals surface area contributed by atoms with Crippen molar-refractivity contribution in [1.29, 1.82) is 0 Å². The van der Waals surface area contributed by atoms with E-state index in [1.165, 1.54) is 0 Å². The molecule has 1 heterocycles. The third kappa shape index (κ3) is 3.71. The SMILES string of the molecule is CCOc1ccccc1NC(=O)c1ccc2c(c1)nnn2Cc1ccccc1. The number of hydrogen-bond donors (Lipinski definition) is 1. The Kier molecular flexibility index (Phi) is 5.01. The minimum absolute atomic E-state index is 0.216. The van der Waals surface area contributed by atoms with E-state index in [-0.39, 0.29) is 5.91 Å². The molecule has 1 N–H and O–H groups in total. The number of ether oxygens (including phenoxy) is 1. The summed E-state index contributed by atoms with van der Waals surface area (Å²) < 4.78 is 7.39. The van der Waals surface area contributed by atoms with Gasteiger partial charge in [-0.1, -0.05) is 47.7 Å². The molecular weight excluding hydrogens is 352 g/mol. The molecule has 28 heavy (non-hydrogen) atoms. The van der Waals surface area contributed by atoms with Gasteiger partial charge < -0.3 is 10.1 Å². The van der Waals surface area contributed by atoms with Crippen molar-refractivity contribution in [3.63, 3.8) is 0 Å². The molecule has 6 heteroatoms. The highest BCUT2D eigenvalue weighted by Crippen LogP contribution is 2.24. The number of carbonyl (C=O) groups excluding carboxylic acids is 1. The van der Waals surface area contributed by atoms with E-state index < -0.39 is 0 Å². The first kappa shape index (κ1) is 17.7. The van der Waals surface area contributed by atoms with Crippen LogP contribution in [0.2, 0.25) is 0 Å². The van der Waals surface area contributed by atoms with E-state index in [0.29, 0.717) is 35.7 Å². The number of benzene rings is 3. The highest BCUT2D eigenvalue weighted by atomic mass is 16.5. The van der Waals surface area contributed by atoms with Crippen LogP contribution in [-0.2, 0) is 6.54 Å². The first-order valence-corrected chi connectivity index (χ1v) is 9.15. The molecule has 0 saturated heterocycles. The van der Waals surface area contributed by atoms with Gasteiger partial charge in [-0.25, -0.2) is 4.68 Å². The van der Waals surface area contributed by atoms with Crippen molar-refractivity contribution in [3.8, 4) is 5.75 Å². The lowest BCUT2D eigenvalue weighted by atomic mass is 10.1. The molecule has 0 saturated carbocycles. The van der Waals surface area contributed by atoms with Crippen molar-refractivity contribution in [2.75, 3.05) is 11.9 Å². The highest BCUT2D eigenvalue weighted by molar-refractivity contribution is 6.06. The third-order valence-electron chi connectivity index (χ3n) is 4.39. The number of anilines is 1. The fourth-order valence-electron chi connectivity index (χ4n) is 3.03. The molecule has 0 atom stereocenters. The van der Waals surface area contributed by atoms with Crippen LogP contribution in [0.3, 0.4) is 0 Å². The second kappa shape index (κ2) is 7.92. The van der Waals surface area contributed by atoms with E-state index in [1.807, 2.05) is 72.3 Å². The number of amides is 1. The van der Waals surface area contributed by atoms with Crippen LogP contribution in [0.15, 0.2) is 72.8 Å². The largest absolute Gasteiger partial charge is 0.492 e. The molecule has 4 aromatic rings. The molecule has 0 fully saturated rings. The molecule has 6 nitrogen and oxygen atoms in total. The summed E-state index contributed by atoms with van der Waals surface area (Å²) in [6.07, 6.45) is 0. The summed E-state index contributed by atoms with van der Waals surface area (Å²) in [6.45, 7) is 3.07. The van der Waals surface area contributed by atoms with Gasteiger partial charge in [0.15, 0.2) is 0 Å². The standard InChI is InChI=1S/C22H20N4O2/c1-2-28-21-11-7-6-10-18(21)23-22(27)17-12-13-20-19(14-17)24-25-26(20)15-16-8-4-3-5-9-16/h3-14H,2,15H2,1H3,(H,23,27). The first-order valence-electron chi connectivity index (χ1n) is 9.15. The van der Waals surface area contributed by atoms with Gasteiger partial charge in [0.05, 0.1) is 24.4 Å². The lowest BCUT2D eigenvalue weighted by molar-refractivity contribution is 0.102. The van der Waals surface area contributed by atoms with Gasteiger partial charge in [-0.15, -0.1) is 5.10 Å². The number of nitrogens with one attached hydrogen (secondary N) is 1. The van der Waals surface area contributed by atoms with Crippen LogP contribution in [0.5, 0.6) is 5.75 Å². The summed E-state index contributed by atoms with van der Waals surface area (Å²) in [5.41, 5.74) is 3.87. The summed E-state index contributed by atoms with van der Waals surface area (Å²) in [5, 5.41) is 11.4. The summed E-state index contributed by atoms with van der Waals surface area (Å²) in [5.74, 6) is 0.430. The van der Waals surface area contributed by atoms with Gasteiger partial charge in [0.2, 0.25) is 0 Å². The van der Waals surface area contributed by atoms with Gasteiger partial charge in [-0.2, -0.15) is 0 Å². The molecule has 0 aliphatic heterocycles. The Morgan fingerprint density at radius 2 is 1.82 bits per heavy atom. The van der Waals surface area contributed by atoms with E-state index in [0.717, 1.165) is 11.1 Å². The second-order valence-electron chi connectivity index (χ2n) is 6.32. The molecule has 3 aromatic carbocycles. The smallest absolute Gasteiger partial charge is 0.255 e. The van der Waals surface area contributed by atoms with Crippen LogP contribution < -0.4 is 10.1 Å². The zero-order chi connectivity index (χ0) is 19.3. The molecule has 1 amide bonds. The quantitative estimate of drug-likeness (QED) is 0.552. The van der Waals surface area contributed by atoms with Crippen molar-refractivity contribution >= 4 is 22.6 Å². The van der Waals surface area contributed by atoms with Crippen LogP contribution in [-0.4, -0.2) is 27.5 Å². The van der Waals surface area contributed by atoms with E-state index in [1.54, 1.807) is 12.1 Å². The van der Waals surface area contributed by atoms with Crippen molar-refractivity contribution in [3.05, 3.63) is 83.9 Å². The zero-order valence-electron chi connectivity index (χ0n) is 15.5. The number of aromatic nitrogens is 3. The van der Waals surface area contributed by atoms with Crippen LogP contribution >= 0.6 is 0 Å². The summed E-state index contributed by atoms with van der Waals surface area (Å²) >= 11 is 0. The molecule has 0 aliphatic rings. The topological polar surface area (TPSA) is 69.0 Å². The normalized spacial score (nSPS) is 10.8. The molecule has 4 rings (SSSR count). The fraction of sp³-hybridized carbons (Fsp3) is 0.136. The monoisotopic (exact) mass is 372 g/mol. The number of carbonyl (C=O) groups is 1. The second-order valence-corrected chi connectivity index (χ2v) is 6.32. The zero-order valence-corrected chi connectivity index (χ0v) is 15.5. The number of para-hydroxylation sites is 2. The highest BCUT2D eigenvalue weighted by Gasteiger charge is 2.13. The van der Waals surface area contributed by atoms with Gasteiger partial charge in [0.1, 0.15) is 11.3 Å². The van der Waals surface area contributed by atoms with E-state index in [2.05, 4.69) is 15.6 Å². The Morgan fingerprint density at radius 3 is 2.64 bits per heavy atom. The summed E-state index contributed by atoms with van der Waals surface area (Å²) in [4.78, 5) is 12.7. The summed E-state index contributed by atoms with van der Waals surface area (Å²) in [6, 6.07) is 22.9. The predicted molar refractivity (Wildman–Crippen MR) is 109 cm³/mol. The van der Waals surface area contributed by atoms with E-state index >= 15 is 0 Å². The minimum atomic E-state index is -0.216. The number of hydrogen-bond acceptors (Lipinski definition) is 4. The van der Waals surface area contributed by atoms with Crippen molar-refractivity contribution in [2.24, 2.45) is 0 Å². The molecule has 140 valence electrons. The fourth-order valence-corrected chi connectivity index (χ4v) is 3.03. The Morgan fingerprint density at radius 1 is 1.04 bits per heavy atom. The van der Waals surface area contributed by atoms with Crippen LogP contribution in [0, 0.1) is 0 Å². The van der Waals surface area contributed by atoms with Gasteiger partial charge >= 0.3 is 0 Å². The average molecular weight is 372 g/mol. The third-order valence-corrected chi connectivity index (χ3v) is 4.39. The lowest BCUT2D eigenvalue weighted by Crippen LogP contribution is -2.13. The Bertz CT molecular complexity index is 1110. The minimum Gasteiger partial charge on any atom is -0.492 e. The Hall–Kier alpha value is -3.67. The lowest BCUT2D eigenvalue weighted by Gasteiger charge is -2.11. The first-order chi connectivity index (χ1) is 13.7. The number of nitrogens with zero attached hydrogens (tertiary/aromatic N) is 3. The number of fused-ring (bicyclic) bond motifs is 1. The Balaban J connectivity index is 1.56. The molecule has 1 aromatic heterocycles.